The van der Waals surface area contributed by atoms with Gasteiger partial charge in [-0.2, -0.15) is 5.26 Å². The van der Waals surface area contributed by atoms with E-state index < -0.39 is 22.9 Å². The van der Waals surface area contributed by atoms with Gasteiger partial charge in [0, 0.05) is 12.8 Å². The fourth-order valence-corrected chi connectivity index (χ4v) is 4.63. The molecular formula is C24H19F2N3O4. The number of carbonyl (C=O) groups is 1. The average molecular weight is 451 g/mol. The van der Waals surface area contributed by atoms with Gasteiger partial charge in [0.1, 0.15) is 29.0 Å². The highest BCUT2D eigenvalue weighted by molar-refractivity contribution is 5.80. The van der Waals surface area contributed by atoms with Gasteiger partial charge < -0.3 is 9.47 Å². The molecule has 2 aromatic carbocycles. The largest absolute Gasteiger partial charge is 0.453 e. The van der Waals surface area contributed by atoms with Crippen LogP contribution in [-0.4, -0.2) is 27.5 Å². The molecule has 2 heterocycles. The predicted octanol–water partition coefficient (Wildman–Crippen LogP) is 4.18. The molecule has 33 heavy (non-hydrogen) atoms. The number of ether oxygens (including phenoxy) is 2. The molecule has 0 N–H and O–H groups in total. The van der Waals surface area contributed by atoms with Crippen molar-refractivity contribution in [1.29, 1.82) is 5.26 Å². The van der Waals surface area contributed by atoms with Crippen molar-refractivity contribution in [2.24, 2.45) is 0 Å². The quantitative estimate of drug-likeness (QED) is 0.593. The monoisotopic (exact) mass is 451 g/mol. The summed E-state index contributed by atoms with van der Waals surface area (Å²) in [6.45, 7) is 0.345. The van der Waals surface area contributed by atoms with Gasteiger partial charge in [0.2, 0.25) is 0 Å². The zero-order valence-corrected chi connectivity index (χ0v) is 17.5. The maximum Gasteiger partial charge on any atom is 0.261 e. The first kappa shape index (κ1) is 21.2. The lowest BCUT2D eigenvalue weighted by molar-refractivity contribution is -0.126. The van der Waals surface area contributed by atoms with E-state index in [-0.39, 0.29) is 34.1 Å². The normalized spacial score (nSPS) is 19.7. The summed E-state index contributed by atoms with van der Waals surface area (Å²) in [4.78, 5) is 29.2. The van der Waals surface area contributed by atoms with Crippen LogP contribution in [-0.2, 0) is 9.53 Å². The maximum atomic E-state index is 14.2. The number of hydrogen-bond donors (Lipinski definition) is 0. The van der Waals surface area contributed by atoms with Crippen LogP contribution in [0.4, 0.5) is 8.78 Å². The Labute approximate surface area is 187 Å². The smallest absolute Gasteiger partial charge is 0.261 e. The fraction of sp³-hybridized carbons (Fsp3) is 0.333. The number of halogens is 2. The fourth-order valence-electron chi connectivity index (χ4n) is 4.63. The van der Waals surface area contributed by atoms with Crippen molar-refractivity contribution in [2.45, 2.75) is 43.7 Å². The van der Waals surface area contributed by atoms with Crippen LogP contribution >= 0.6 is 0 Å². The molecule has 0 radical (unpaired) electrons. The lowest BCUT2D eigenvalue weighted by atomic mass is 9.81. The number of Topliss-reactive ketones (excluding diaryl/α,β-unsaturated/α-hetero) is 1. The Kier molecular flexibility index (Phi) is 5.17. The van der Waals surface area contributed by atoms with Crippen molar-refractivity contribution >= 4 is 16.7 Å². The minimum atomic E-state index is -0.904. The Hall–Kier alpha value is -3.64. The number of ketones is 1. The summed E-state index contributed by atoms with van der Waals surface area (Å²) < 4.78 is 41.1. The number of carbonyl (C=O) groups excluding carboxylic acids is 1. The van der Waals surface area contributed by atoms with Gasteiger partial charge in [-0.15, -0.1) is 0 Å². The second-order valence-electron chi connectivity index (χ2n) is 8.47. The molecule has 3 aromatic rings. The van der Waals surface area contributed by atoms with Gasteiger partial charge in [0.15, 0.2) is 11.6 Å². The third-order valence-electron chi connectivity index (χ3n) is 6.45. The molecule has 0 amide bonds. The van der Waals surface area contributed by atoms with E-state index in [9.17, 15) is 18.4 Å². The minimum absolute atomic E-state index is 0.0742. The van der Waals surface area contributed by atoms with Gasteiger partial charge in [0.25, 0.3) is 5.56 Å². The molecule has 5 rings (SSSR count). The van der Waals surface area contributed by atoms with Crippen molar-refractivity contribution in [3.63, 3.8) is 0 Å². The van der Waals surface area contributed by atoms with Crippen LogP contribution in [0.1, 0.15) is 43.7 Å². The van der Waals surface area contributed by atoms with E-state index in [1.54, 1.807) is 12.1 Å². The summed E-state index contributed by atoms with van der Waals surface area (Å²) >= 11 is 0. The van der Waals surface area contributed by atoms with Crippen molar-refractivity contribution < 1.29 is 23.0 Å². The van der Waals surface area contributed by atoms with E-state index in [4.69, 9.17) is 14.7 Å². The van der Waals surface area contributed by atoms with Gasteiger partial charge in [-0.3, -0.25) is 14.2 Å². The van der Waals surface area contributed by atoms with Crippen LogP contribution in [0.5, 0.6) is 11.5 Å². The van der Waals surface area contributed by atoms with Gasteiger partial charge in [-0.25, -0.2) is 13.8 Å². The van der Waals surface area contributed by atoms with Crippen molar-refractivity contribution in [3.05, 3.63) is 64.2 Å². The Morgan fingerprint density at radius 2 is 1.91 bits per heavy atom. The summed E-state index contributed by atoms with van der Waals surface area (Å²) in [6.07, 6.45) is 4.36. The molecule has 2 fully saturated rings. The topological polar surface area (TPSA) is 94.2 Å². The number of aromatic nitrogens is 2. The summed E-state index contributed by atoms with van der Waals surface area (Å²) in [5.41, 5.74) is -0.845. The summed E-state index contributed by atoms with van der Waals surface area (Å²) in [6, 6.07) is 7.50. The molecule has 1 saturated heterocycles. The Balaban J connectivity index is 1.47. The number of benzene rings is 2. The van der Waals surface area contributed by atoms with E-state index in [1.807, 2.05) is 0 Å². The molecule has 1 aliphatic heterocycles. The van der Waals surface area contributed by atoms with E-state index in [0.717, 1.165) is 12.1 Å². The average Bonchev–Trinajstić information content (AvgIpc) is 3.22. The lowest BCUT2D eigenvalue weighted by Crippen LogP contribution is -2.34. The molecule has 1 aliphatic carbocycles. The molecule has 7 nitrogen and oxygen atoms in total. The Morgan fingerprint density at radius 3 is 2.67 bits per heavy atom. The predicted molar refractivity (Wildman–Crippen MR) is 113 cm³/mol. The highest BCUT2D eigenvalue weighted by atomic mass is 19.1. The highest BCUT2D eigenvalue weighted by Crippen LogP contribution is 2.42. The van der Waals surface area contributed by atoms with Gasteiger partial charge >= 0.3 is 0 Å². The highest BCUT2D eigenvalue weighted by Gasteiger charge is 2.43. The number of fused-ring (bicyclic) bond motifs is 1. The van der Waals surface area contributed by atoms with Crippen LogP contribution in [0, 0.1) is 23.0 Å². The summed E-state index contributed by atoms with van der Waals surface area (Å²) in [5, 5.41) is 9.41. The van der Waals surface area contributed by atoms with Gasteiger partial charge in [0.05, 0.1) is 35.5 Å². The third-order valence-corrected chi connectivity index (χ3v) is 6.45. The summed E-state index contributed by atoms with van der Waals surface area (Å²) in [5.74, 6) is -2.03. The molecule has 1 spiro atoms. The zero-order chi connectivity index (χ0) is 23.2. The SMILES string of the molecule is N#Cc1c(F)ccc(F)c1Oc1ccc2ncn([C@H]3COC4(CCC(=O)CC4)C3)c(=O)c2c1. The van der Waals surface area contributed by atoms with Crippen LogP contribution in [0.15, 0.2) is 41.5 Å². The van der Waals surface area contributed by atoms with Crippen molar-refractivity contribution in [2.75, 3.05) is 6.61 Å². The van der Waals surface area contributed by atoms with Crippen molar-refractivity contribution in [3.8, 4) is 17.6 Å². The molecule has 9 heteroatoms. The van der Waals surface area contributed by atoms with Crippen LogP contribution < -0.4 is 10.3 Å². The molecular weight excluding hydrogens is 432 g/mol. The van der Waals surface area contributed by atoms with Crippen LogP contribution in [0.3, 0.4) is 0 Å². The van der Waals surface area contributed by atoms with Crippen LogP contribution in [0.2, 0.25) is 0 Å². The second-order valence-corrected chi connectivity index (χ2v) is 8.47. The van der Waals surface area contributed by atoms with Gasteiger partial charge in [-0.1, -0.05) is 0 Å². The molecule has 2 aliphatic rings. The Morgan fingerprint density at radius 1 is 1.15 bits per heavy atom. The molecule has 1 aromatic heterocycles. The first-order valence-corrected chi connectivity index (χ1v) is 10.6. The first-order valence-electron chi connectivity index (χ1n) is 10.6. The second kappa shape index (κ2) is 8.05. The van der Waals surface area contributed by atoms with E-state index >= 15 is 0 Å². The molecule has 168 valence electrons. The minimum Gasteiger partial charge on any atom is -0.453 e. The van der Waals surface area contributed by atoms with E-state index in [0.29, 0.717) is 44.2 Å². The molecule has 1 saturated carbocycles. The van der Waals surface area contributed by atoms with E-state index in [1.165, 1.54) is 23.0 Å². The number of hydrogen-bond acceptors (Lipinski definition) is 6. The third kappa shape index (κ3) is 3.76. The zero-order valence-electron chi connectivity index (χ0n) is 17.5. The maximum absolute atomic E-state index is 14.2. The standard InChI is InChI=1S/C24H19F2N3O4/c25-19-2-3-20(26)22(18(19)11-27)33-16-1-4-21-17(9-16)23(31)29(13-28-21)14-10-24(32-12-14)7-5-15(30)6-8-24/h1-4,9,13-14H,5-8,10,12H2/t14-/m1/s1. The van der Waals surface area contributed by atoms with Crippen LogP contribution in [0.25, 0.3) is 10.9 Å². The molecule has 0 bridgehead atoms. The van der Waals surface area contributed by atoms with Gasteiger partial charge in [-0.05, 0) is 49.6 Å². The molecule has 0 unspecified atom stereocenters. The number of rotatable bonds is 3. The Bertz CT molecular complexity index is 1370. The van der Waals surface area contributed by atoms with Crippen molar-refractivity contribution in [1.82, 2.24) is 9.55 Å². The summed E-state index contributed by atoms with van der Waals surface area (Å²) in [7, 11) is 0. The number of nitrogens with zero attached hydrogens (tertiary/aromatic N) is 3. The lowest BCUT2D eigenvalue weighted by Gasteiger charge is -2.31. The van der Waals surface area contributed by atoms with E-state index in [2.05, 4.69) is 4.98 Å². The number of nitriles is 1. The first-order chi connectivity index (χ1) is 15.9. The molecule has 1 atom stereocenters.